The van der Waals surface area contributed by atoms with Gasteiger partial charge in [0.15, 0.2) is 0 Å². The highest BCUT2D eigenvalue weighted by molar-refractivity contribution is 6.99. The van der Waals surface area contributed by atoms with Gasteiger partial charge in [-0.1, -0.05) is 99.3 Å². The number of hydrogen-bond donors (Lipinski definition) is 4. The third-order valence-corrected chi connectivity index (χ3v) is 12.6. The SMILES string of the molecule is C#CCN(CC#C)C(=O)c1cc(NC(=O)C(N)CCCNC(N)=O)ccc1CO[Si](c1ccccc1)(c1ccccc1)C(C)(C)C. The number of anilines is 1. The average molecular weight is 638 g/mol. The van der Waals surface area contributed by atoms with Crippen molar-refractivity contribution in [2.24, 2.45) is 11.5 Å². The summed E-state index contributed by atoms with van der Waals surface area (Å²) in [5.41, 5.74) is 12.5. The summed E-state index contributed by atoms with van der Waals surface area (Å²) in [5.74, 6) is 4.19. The molecule has 3 aromatic rings. The zero-order chi connectivity index (χ0) is 33.7. The largest absolute Gasteiger partial charge is 0.403 e. The second-order valence-electron chi connectivity index (χ2n) is 11.9. The van der Waals surface area contributed by atoms with Crippen molar-refractivity contribution in [1.29, 1.82) is 0 Å². The lowest BCUT2D eigenvalue weighted by atomic mass is 10.0. The van der Waals surface area contributed by atoms with Gasteiger partial charge in [0.05, 0.1) is 25.7 Å². The van der Waals surface area contributed by atoms with Gasteiger partial charge in [-0.3, -0.25) is 9.59 Å². The van der Waals surface area contributed by atoms with Crippen LogP contribution in [0.25, 0.3) is 0 Å². The van der Waals surface area contributed by atoms with Crippen LogP contribution in [0, 0.1) is 24.7 Å². The van der Waals surface area contributed by atoms with Crippen LogP contribution in [-0.2, 0) is 15.8 Å². The van der Waals surface area contributed by atoms with Crippen LogP contribution >= 0.6 is 0 Å². The molecule has 240 valence electrons. The van der Waals surface area contributed by atoms with Crippen molar-refractivity contribution >= 4 is 42.2 Å². The topological polar surface area (TPSA) is 140 Å². The van der Waals surface area contributed by atoms with Crippen molar-refractivity contribution in [1.82, 2.24) is 10.2 Å². The van der Waals surface area contributed by atoms with Crippen molar-refractivity contribution in [2.45, 2.75) is 51.3 Å². The highest BCUT2D eigenvalue weighted by Gasteiger charge is 2.50. The van der Waals surface area contributed by atoms with Gasteiger partial charge in [-0.15, -0.1) is 12.8 Å². The summed E-state index contributed by atoms with van der Waals surface area (Å²) in [6, 6.07) is 24.0. The van der Waals surface area contributed by atoms with Gasteiger partial charge in [0.2, 0.25) is 5.91 Å². The van der Waals surface area contributed by atoms with E-state index in [9.17, 15) is 14.4 Å². The van der Waals surface area contributed by atoms with Gasteiger partial charge in [0, 0.05) is 17.8 Å². The van der Waals surface area contributed by atoms with Crippen molar-refractivity contribution < 1.29 is 18.8 Å². The van der Waals surface area contributed by atoms with Gasteiger partial charge >= 0.3 is 6.03 Å². The Labute approximate surface area is 273 Å². The van der Waals surface area contributed by atoms with E-state index in [2.05, 4.69) is 67.5 Å². The first kappa shape index (κ1) is 35.6. The molecule has 1 atom stereocenters. The predicted octanol–water partition coefficient (Wildman–Crippen LogP) is 3.19. The average Bonchev–Trinajstić information content (AvgIpc) is 3.03. The number of carbonyl (C=O) groups is 3. The van der Waals surface area contributed by atoms with E-state index in [0.717, 1.165) is 10.4 Å². The summed E-state index contributed by atoms with van der Waals surface area (Å²) in [4.78, 5) is 39.1. The predicted molar refractivity (Wildman–Crippen MR) is 186 cm³/mol. The number of nitrogens with zero attached hydrogens (tertiary/aromatic N) is 1. The van der Waals surface area contributed by atoms with E-state index < -0.39 is 26.3 Å². The van der Waals surface area contributed by atoms with E-state index >= 15 is 0 Å². The van der Waals surface area contributed by atoms with Gasteiger partial charge in [0.25, 0.3) is 14.2 Å². The molecule has 10 heteroatoms. The van der Waals surface area contributed by atoms with Crippen LogP contribution in [0.2, 0.25) is 5.04 Å². The molecule has 0 aliphatic rings. The molecule has 4 amide bonds. The summed E-state index contributed by atoms with van der Waals surface area (Å²) < 4.78 is 7.12. The molecule has 1 unspecified atom stereocenters. The molecule has 0 aromatic heterocycles. The number of benzene rings is 3. The smallest absolute Gasteiger partial charge is 0.312 e. The summed E-state index contributed by atoms with van der Waals surface area (Å²) in [5, 5.41) is 7.20. The van der Waals surface area contributed by atoms with Crippen LogP contribution in [0.4, 0.5) is 10.5 Å². The molecule has 9 nitrogen and oxygen atoms in total. The lowest BCUT2D eigenvalue weighted by Gasteiger charge is -2.43. The summed E-state index contributed by atoms with van der Waals surface area (Å²) in [6.07, 6.45) is 11.9. The van der Waals surface area contributed by atoms with Gasteiger partial charge in [-0.05, 0) is 45.9 Å². The third kappa shape index (κ3) is 8.86. The number of terminal acetylenes is 2. The van der Waals surface area contributed by atoms with Crippen molar-refractivity contribution in [3.05, 3.63) is 90.0 Å². The van der Waals surface area contributed by atoms with E-state index in [0.29, 0.717) is 36.2 Å². The van der Waals surface area contributed by atoms with E-state index in [4.69, 9.17) is 28.7 Å². The molecule has 0 aliphatic heterocycles. The Morgan fingerprint density at radius 2 is 1.50 bits per heavy atom. The highest BCUT2D eigenvalue weighted by atomic mass is 28.4. The Morgan fingerprint density at radius 3 is 2.00 bits per heavy atom. The molecule has 6 N–H and O–H groups in total. The molecule has 0 spiro atoms. The minimum absolute atomic E-state index is 0.0127. The number of urea groups is 1. The molecule has 0 radical (unpaired) electrons. The summed E-state index contributed by atoms with van der Waals surface area (Å²) in [7, 11) is -2.94. The quantitative estimate of drug-likeness (QED) is 0.122. The Balaban J connectivity index is 2.02. The van der Waals surface area contributed by atoms with Crippen molar-refractivity contribution in [3.8, 4) is 24.7 Å². The number of nitrogens with one attached hydrogen (secondary N) is 2. The minimum atomic E-state index is -2.94. The lowest BCUT2D eigenvalue weighted by Crippen LogP contribution is -2.66. The number of carbonyl (C=O) groups excluding carboxylic acids is 3. The Hall–Kier alpha value is -4.87. The van der Waals surface area contributed by atoms with E-state index in [-0.39, 0.29) is 30.6 Å². The number of hydrogen-bond acceptors (Lipinski definition) is 5. The highest BCUT2D eigenvalue weighted by Crippen LogP contribution is 2.37. The molecular weight excluding hydrogens is 595 g/mol. The molecule has 3 aromatic carbocycles. The first-order chi connectivity index (χ1) is 21.9. The first-order valence-electron chi connectivity index (χ1n) is 15.1. The number of rotatable bonds is 14. The summed E-state index contributed by atoms with van der Waals surface area (Å²) in [6.45, 7) is 6.98. The normalized spacial score (nSPS) is 11.9. The van der Waals surface area contributed by atoms with E-state index in [1.54, 1.807) is 18.2 Å². The third-order valence-electron chi connectivity index (χ3n) is 7.65. The van der Waals surface area contributed by atoms with Gasteiger partial charge in [-0.2, -0.15) is 0 Å². The summed E-state index contributed by atoms with van der Waals surface area (Å²) >= 11 is 0. The van der Waals surface area contributed by atoms with Crippen LogP contribution < -0.4 is 32.5 Å². The first-order valence-corrected chi connectivity index (χ1v) is 17.0. The molecular formula is C36H43N5O4Si. The lowest BCUT2D eigenvalue weighted by molar-refractivity contribution is -0.117. The molecule has 0 bridgehead atoms. The van der Waals surface area contributed by atoms with Gasteiger partial charge in [-0.25, -0.2) is 4.79 Å². The van der Waals surface area contributed by atoms with Crippen molar-refractivity contribution in [2.75, 3.05) is 25.0 Å². The molecule has 3 rings (SSSR count). The number of primary amides is 1. The second kappa shape index (κ2) is 16.4. The Bertz CT molecular complexity index is 1520. The maximum Gasteiger partial charge on any atom is 0.312 e. The van der Waals surface area contributed by atoms with E-state index in [1.807, 2.05) is 36.4 Å². The van der Waals surface area contributed by atoms with Gasteiger partial charge in [0.1, 0.15) is 0 Å². The zero-order valence-electron chi connectivity index (χ0n) is 26.7. The second-order valence-corrected chi connectivity index (χ2v) is 16.2. The fraction of sp³-hybridized carbons (Fsp3) is 0.306. The molecule has 0 aliphatic carbocycles. The monoisotopic (exact) mass is 637 g/mol. The van der Waals surface area contributed by atoms with Crippen LogP contribution in [-0.4, -0.2) is 56.7 Å². The fourth-order valence-corrected chi connectivity index (χ4v) is 9.94. The standard InChI is InChI=1S/C36H43N5O4Si/c1-6-23-41(24-7-2)34(43)31-25-28(40-33(42)32(37)19-14-22-39-35(38)44)21-20-27(31)26-45-46(36(3,4)5,29-15-10-8-11-16-29)30-17-12-9-13-18-30/h1-2,8-13,15-18,20-21,25,32H,14,19,22-24,26,37H2,3-5H3,(H,40,42)(H3,38,39,44). The number of amides is 4. The van der Waals surface area contributed by atoms with E-state index in [1.165, 1.54) is 4.90 Å². The minimum Gasteiger partial charge on any atom is -0.403 e. The zero-order valence-corrected chi connectivity index (χ0v) is 27.7. The molecule has 0 heterocycles. The number of nitrogens with two attached hydrogens (primary N) is 2. The fourth-order valence-electron chi connectivity index (χ4n) is 5.42. The molecule has 0 saturated heterocycles. The van der Waals surface area contributed by atoms with Crippen molar-refractivity contribution in [3.63, 3.8) is 0 Å². The molecule has 46 heavy (non-hydrogen) atoms. The van der Waals surface area contributed by atoms with Crippen LogP contribution in [0.15, 0.2) is 78.9 Å². The van der Waals surface area contributed by atoms with Crippen LogP contribution in [0.5, 0.6) is 0 Å². The van der Waals surface area contributed by atoms with Crippen LogP contribution in [0.3, 0.4) is 0 Å². The Morgan fingerprint density at radius 1 is 0.935 bits per heavy atom. The molecule has 0 fully saturated rings. The Kier molecular flexibility index (Phi) is 12.7. The molecule has 0 saturated carbocycles. The maximum atomic E-state index is 13.9. The van der Waals surface area contributed by atoms with Crippen LogP contribution in [0.1, 0.15) is 49.5 Å². The van der Waals surface area contributed by atoms with Gasteiger partial charge < -0.3 is 31.4 Å². The maximum absolute atomic E-state index is 13.9.